The Bertz CT molecular complexity index is 508. The summed E-state index contributed by atoms with van der Waals surface area (Å²) in [7, 11) is 1.71. The lowest BCUT2D eigenvalue weighted by molar-refractivity contribution is -0.0942. The summed E-state index contributed by atoms with van der Waals surface area (Å²) in [6.07, 6.45) is 1.03. The van der Waals surface area contributed by atoms with Crippen LogP contribution in [0.25, 0.3) is 0 Å². The number of anilines is 1. The van der Waals surface area contributed by atoms with E-state index >= 15 is 0 Å². The minimum Gasteiger partial charge on any atom is -0.398 e. The standard InChI is InChI=1S/C14H19BrN2O2.ClH/c1-14(2)11(7-12(14)19-3)17-13(18)9-5-4-8(15)6-10(9)16;/h4-6,11-12H,7,16H2,1-3H3,(H,17,18);1H. The molecule has 0 radical (unpaired) electrons. The zero-order valence-electron chi connectivity index (χ0n) is 11.8. The molecule has 112 valence electrons. The van der Waals surface area contributed by atoms with Gasteiger partial charge in [0.15, 0.2) is 0 Å². The van der Waals surface area contributed by atoms with Crippen molar-refractivity contribution in [3.05, 3.63) is 28.2 Å². The largest absolute Gasteiger partial charge is 0.398 e. The predicted molar refractivity (Wildman–Crippen MR) is 86.3 cm³/mol. The molecule has 20 heavy (non-hydrogen) atoms. The maximum atomic E-state index is 12.2. The van der Waals surface area contributed by atoms with E-state index in [0.717, 1.165) is 10.9 Å². The van der Waals surface area contributed by atoms with Crippen LogP contribution in [-0.4, -0.2) is 25.2 Å². The maximum Gasteiger partial charge on any atom is 0.253 e. The fraction of sp³-hybridized carbons (Fsp3) is 0.500. The number of nitrogen functional groups attached to an aromatic ring is 1. The van der Waals surface area contributed by atoms with Crippen LogP contribution in [0.2, 0.25) is 0 Å². The zero-order valence-corrected chi connectivity index (χ0v) is 14.2. The van der Waals surface area contributed by atoms with Gasteiger partial charge in [0.1, 0.15) is 0 Å². The lowest BCUT2D eigenvalue weighted by Gasteiger charge is -2.51. The van der Waals surface area contributed by atoms with Gasteiger partial charge < -0.3 is 15.8 Å². The summed E-state index contributed by atoms with van der Waals surface area (Å²) in [6.45, 7) is 4.20. The molecule has 2 rings (SSSR count). The van der Waals surface area contributed by atoms with Crippen molar-refractivity contribution in [1.29, 1.82) is 0 Å². The van der Waals surface area contributed by atoms with Crippen LogP contribution in [0, 0.1) is 5.41 Å². The number of nitrogens with two attached hydrogens (primary N) is 1. The van der Waals surface area contributed by atoms with E-state index in [0.29, 0.717) is 11.3 Å². The monoisotopic (exact) mass is 362 g/mol. The number of amides is 1. The lowest BCUT2D eigenvalue weighted by atomic mass is 9.64. The fourth-order valence-corrected chi connectivity index (χ4v) is 2.89. The average molecular weight is 364 g/mol. The molecular formula is C14H20BrClN2O2. The van der Waals surface area contributed by atoms with Crippen LogP contribution >= 0.6 is 28.3 Å². The predicted octanol–water partition coefficient (Wildman–Crippen LogP) is 3.00. The number of methoxy groups -OCH3 is 1. The number of hydrogen-bond donors (Lipinski definition) is 2. The molecule has 1 aliphatic rings. The number of halogens is 2. The number of hydrogen-bond acceptors (Lipinski definition) is 3. The molecule has 1 aromatic carbocycles. The van der Waals surface area contributed by atoms with Gasteiger partial charge in [0.25, 0.3) is 5.91 Å². The SMILES string of the molecule is COC1CC(NC(=O)c2ccc(Br)cc2N)C1(C)C.Cl. The molecule has 2 unspecified atom stereocenters. The van der Waals surface area contributed by atoms with Gasteiger partial charge in [-0.3, -0.25) is 4.79 Å². The van der Waals surface area contributed by atoms with Gasteiger partial charge in [0, 0.05) is 28.7 Å². The quantitative estimate of drug-likeness (QED) is 0.811. The Morgan fingerprint density at radius 2 is 2.15 bits per heavy atom. The van der Waals surface area contributed by atoms with Gasteiger partial charge in [-0.2, -0.15) is 0 Å². The van der Waals surface area contributed by atoms with E-state index in [1.807, 2.05) is 6.07 Å². The zero-order chi connectivity index (χ0) is 14.2. The van der Waals surface area contributed by atoms with Crippen molar-refractivity contribution in [2.75, 3.05) is 12.8 Å². The molecule has 3 N–H and O–H groups in total. The third kappa shape index (κ3) is 3.10. The highest BCUT2D eigenvalue weighted by molar-refractivity contribution is 9.10. The Balaban J connectivity index is 0.00000200. The highest BCUT2D eigenvalue weighted by Gasteiger charge is 2.49. The first kappa shape index (κ1) is 17.3. The smallest absolute Gasteiger partial charge is 0.253 e. The van der Waals surface area contributed by atoms with E-state index in [1.54, 1.807) is 19.2 Å². The van der Waals surface area contributed by atoms with Crippen LogP contribution in [0.4, 0.5) is 5.69 Å². The summed E-state index contributed by atoms with van der Waals surface area (Å²) in [5.74, 6) is -0.127. The molecule has 1 amide bonds. The number of carbonyl (C=O) groups is 1. The van der Waals surface area contributed by atoms with Crippen LogP contribution in [0.15, 0.2) is 22.7 Å². The number of ether oxygens (including phenoxy) is 1. The molecule has 1 saturated carbocycles. The van der Waals surface area contributed by atoms with E-state index in [9.17, 15) is 4.79 Å². The van der Waals surface area contributed by atoms with E-state index in [2.05, 4.69) is 35.1 Å². The van der Waals surface area contributed by atoms with Crippen molar-refractivity contribution < 1.29 is 9.53 Å². The van der Waals surface area contributed by atoms with E-state index in [1.165, 1.54) is 0 Å². The van der Waals surface area contributed by atoms with Gasteiger partial charge >= 0.3 is 0 Å². The molecule has 0 saturated heterocycles. The Morgan fingerprint density at radius 3 is 2.65 bits per heavy atom. The maximum absolute atomic E-state index is 12.2. The Kier molecular flexibility index (Phi) is 5.46. The second-order valence-corrected chi connectivity index (χ2v) is 6.45. The molecule has 6 heteroatoms. The summed E-state index contributed by atoms with van der Waals surface area (Å²) in [5.41, 5.74) is 6.81. The summed E-state index contributed by atoms with van der Waals surface area (Å²) in [5, 5.41) is 3.03. The van der Waals surface area contributed by atoms with Gasteiger partial charge in [0.05, 0.1) is 11.7 Å². The highest BCUT2D eigenvalue weighted by Crippen LogP contribution is 2.42. The van der Waals surface area contributed by atoms with Gasteiger partial charge in [0.2, 0.25) is 0 Å². The summed E-state index contributed by atoms with van der Waals surface area (Å²) in [4.78, 5) is 12.2. The Hall–Kier alpha value is -0.780. The van der Waals surface area contributed by atoms with Crippen LogP contribution < -0.4 is 11.1 Å². The molecule has 4 nitrogen and oxygen atoms in total. The molecule has 2 atom stereocenters. The van der Waals surface area contributed by atoms with Crippen molar-refractivity contribution in [1.82, 2.24) is 5.32 Å². The first-order valence-corrected chi connectivity index (χ1v) is 7.04. The molecule has 0 bridgehead atoms. The molecule has 1 fully saturated rings. The molecule has 0 aliphatic heterocycles. The van der Waals surface area contributed by atoms with Crippen molar-refractivity contribution in [2.45, 2.75) is 32.4 Å². The second-order valence-electron chi connectivity index (χ2n) is 5.54. The minimum absolute atomic E-state index is 0. The molecular weight excluding hydrogens is 344 g/mol. The number of rotatable bonds is 3. The third-order valence-corrected chi connectivity index (χ3v) is 4.52. The summed E-state index contributed by atoms with van der Waals surface area (Å²) < 4.78 is 6.24. The number of benzene rings is 1. The second kappa shape index (κ2) is 6.33. The molecule has 0 aromatic heterocycles. The van der Waals surface area contributed by atoms with E-state index in [4.69, 9.17) is 10.5 Å². The fourth-order valence-electron chi connectivity index (χ4n) is 2.51. The van der Waals surface area contributed by atoms with Gasteiger partial charge in [-0.1, -0.05) is 29.8 Å². The Labute approximate surface area is 134 Å². The van der Waals surface area contributed by atoms with Crippen molar-refractivity contribution in [3.8, 4) is 0 Å². The average Bonchev–Trinajstić information content (AvgIpc) is 2.33. The molecule has 1 aliphatic carbocycles. The van der Waals surface area contributed by atoms with Gasteiger partial charge in [-0.25, -0.2) is 0 Å². The van der Waals surface area contributed by atoms with Gasteiger partial charge in [-0.15, -0.1) is 12.4 Å². The van der Waals surface area contributed by atoms with Crippen LogP contribution in [0.1, 0.15) is 30.6 Å². The van der Waals surface area contributed by atoms with E-state index in [-0.39, 0.29) is 35.9 Å². The van der Waals surface area contributed by atoms with Crippen molar-refractivity contribution in [2.24, 2.45) is 5.41 Å². The van der Waals surface area contributed by atoms with Crippen LogP contribution in [-0.2, 0) is 4.74 Å². The van der Waals surface area contributed by atoms with Crippen LogP contribution in [0.5, 0.6) is 0 Å². The normalized spacial score (nSPS) is 23.4. The Morgan fingerprint density at radius 1 is 1.50 bits per heavy atom. The highest BCUT2D eigenvalue weighted by atomic mass is 79.9. The summed E-state index contributed by atoms with van der Waals surface area (Å²) >= 11 is 3.33. The van der Waals surface area contributed by atoms with Gasteiger partial charge in [-0.05, 0) is 24.6 Å². The first-order valence-electron chi connectivity index (χ1n) is 6.25. The van der Waals surface area contributed by atoms with Crippen LogP contribution in [0.3, 0.4) is 0 Å². The number of nitrogens with one attached hydrogen (secondary N) is 1. The van der Waals surface area contributed by atoms with Crippen molar-refractivity contribution >= 4 is 39.9 Å². The van der Waals surface area contributed by atoms with E-state index < -0.39 is 0 Å². The molecule has 0 spiro atoms. The third-order valence-electron chi connectivity index (χ3n) is 4.03. The lowest BCUT2D eigenvalue weighted by Crippen LogP contribution is -2.61. The van der Waals surface area contributed by atoms with Crippen molar-refractivity contribution in [3.63, 3.8) is 0 Å². The molecule has 1 aromatic rings. The minimum atomic E-state index is -0.127. The molecule has 0 heterocycles. The summed E-state index contributed by atoms with van der Waals surface area (Å²) in [6, 6.07) is 5.40. The first-order chi connectivity index (χ1) is 8.86. The number of carbonyl (C=O) groups excluding carboxylic acids is 1. The topological polar surface area (TPSA) is 64.3 Å².